The fraction of sp³-hybridized carbons (Fsp3) is 0.250. The minimum atomic E-state index is 0.643. The van der Waals surface area contributed by atoms with Gasteiger partial charge in [0.1, 0.15) is 5.82 Å². The molecule has 6 heterocycles. The third-order valence-electron chi connectivity index (χ3n) is 6.08. The molecule has 8 heteroatoms. The number of piperidine rings is 1. The van der Waals surface area contributed by atoms with Gasteiger partial charge >= 0.3 is 0 Å². The minimum absolute atomic E-state index is 0.643. The maximum atomic E-state index is 4.86. The van der Waals surface area contributed by atoms with Gasteiger partial charge in [-0.15, -0.1) is 0 Å². The normalized spacial score (nSPS) is 16.6. The second-order valence-electron chi connectivity index (χ2n) is 8.23. The molecule has 0 aromatic carbocycles. The van der Waals surface area contributed by atoms with Crippen molar-refractivity contribution in [3.05, 3.63) is 67.4 Å². The average Bonchev–Trinajstić information content (AvgIpc) is 3.47. The Kier molecular flexibility index (Phi) is 4.77. The Morgan fingerprint density at radius 2 is 2.03 bits per heavy atom. The van der Waals surface area contributed by atoms with Crippen LogP contribution in [0.2, 0.25) is 0 Å². The first kappa shape index (κ1) is 18.9. The van der Waals surface area contributed by atoms with Gasteiger partial charge in [0.15, 0.2) is 5.65 Å². The van der Waals surface area contributed by atoms with Crippen LogP contribution in [0.15, 0.2) is 67.4 Å². The summed E-state index contributed by atoms with van der Waals surface area (Å²) in [6.45, 7) is 3.13. The molecule has 5 aromatic heterocycles. The van der Waals surface area contributed by atoms with Crippen molar-refractivity contribution in [1.82, 2.24) is 34.3 Å². The maximum absolute atomic E-state index is 4.86. The predicted octanol–water partition coefficient (Wildman–Crippen LogP) is 3.52. The monoisotopic (exact) mass is 424 g/mol. The SMILES string of the molecule is c1cc(NC[C@@H]2CCCNC2)nc(-c2cnc3cnc(-c4cnn5ccccc45)cn23)c1. The highest BCUT2D eigenvalue weighted by Crippen LogP contribution is 2.26. The number of aromatic nitrogens is 6. The molecule has 1 aliphatic heterocycles. The first-order valence-electron chi connectivity index (χ1n) is 11.0. The molecule has 2 N–H and O–H groups in total. The average molecular weight is 425 g/mol. The van der Waals surface area contributed by atoms with E-state index < -0.39 is 0 Å². The molecule has 0 spiro atoms. The molecular formula is C24H24N8. The largest absolute Gasteiger partial charge is 0.370 e. The number of nitrogens with one attached hydrogen (secondary N) is 2. The molecular weight excluding hydrogens is 400 g/mol. The van der Waals surface area contributed by atoms with Gasteiger partial charge in [-0.05, 0) is 56.1 Å². The summed E-state index contributed by atoms with van der Waals surface area (Å²) in [5.41, 5.74) is 5.44. The molecule has 6 rings (SSSR count). The summed E-state index contributed by atoms with van der Waals surface area (Å²) >= 11 is 0. The Morgan fingerprint density at radius 1 is 1.03 bits per heavy atom. The molecule has 1 aliphatic rings. The van der Waals surface area contributed by atoms with Crippen molar-refractivity contribution >= 4 is 17.0 Å². The minimum Gasteiger partial charge on any atom is -0.370 e. The summed E-state index contributed by atoms with van der Waals surface area (Å²) < 4.78 is 3.90. The Labute approximate surface area is 185 Å². The van der Waals surface area contributed by atoms with Crippen molar-refractivity contribution in [1.29, 1.82) is 0 Å². The van der Waals surface area contributed by atoms with Crippen LogP contribution in [0.1, 0.15) is 12.8 Å². The van der Waals surface area contributed by atoms with E-state index in [1.54, 1.807) is 6.20 Å². The molecule has 1 saturated heterocycles. The topological polar surface area (TPSA) is 84.4 Å². The standard InChI is InChI=1S/C24H24N8/c1-2-10-32-21(7-1)18(13-29-32)20-16-31-22(14-28-24(31)15-26-20)19-6-3-8-23(30-19)27-12-17-5-4-9-25-11-17/h1-3,6-8,10,13-17,25H,4-5,9,11-12H2,(H,27,30)/t17-/m1/s1. The summed E-state index contributed by atoms with van der Waals surface area (Å²) in [5.74, 6) is 1.53. The van der Waals surface area contributed by atoms with Crippen molar-refractivity contribution in [2.75, 3.05) is 25.0 Å². The van der Waals surface area contributed by atoms with E-state index in [0.29, 0.717) is 5.92 Å². The highest BCUT2D eigenvalue weighted by molar-refractivity contribution is 5.78. The number of imidazole rings is 1. The zero-order valence-corrected chi connectivity index (χ0v) is 17.6. The lowest BCUT2D eigenvalue weighted by atomic mass is 10.00. The zero-order valence-electron chi connectivity index (χ0n) is 17.6. The second kappa shape index (κ2) is 8.05. The first-order valence-corrected chi connectivity index (χ1v) is 11.0. The molecule has 8 nitrogen and oxygen atoms in total. The van der Waals surface area contributed by atoms with Gasteiger partial charge in [0.2, 0.25) is 0 Å². The van der Waals surface area contributed by atoms with Gasteiger partial charge in [0.05, 0.1) is 41.2 Å². The molecule has 0 radical (unpaired) electrons. The molecule has 0 unspecified atom stereocenters. The quantitative estimate of drug-likeness (QED) is 0.449. The summed E-state index contributed by atoms with van der Waals surface area (Å²) in [4.78, 5) is 14.0. The number of hydrogen-bond acceptors (Lipinski definition) is 6. The van der Waals surface area contributed by atoms with E-state index in [9.17, 15) is 0 Å². The van der Waals surface area contributed by atoms with E-state index in [1.165, 1.54) is 12.8 Å². The number of nitrogens with zero attached hydrogens (tertiary/aromatic N) is 6. The summed E-state index contributed by atoms with van der Waals surface area (Å²) in [6.07, 6.45) is 11.9. The van der Waals surface area contributed by atoms with E-state index in [1.807, 2.05) is 70.1 Å². The smallest absolute Gasteiger partial charge is 0.155 e. The van der Waals surface area contributed by atoms with Crippen LogP contribution in [0.25, 0.3) is 33.8 Å². The summed E-state index contributed by atoms with van der Waals surface area (Å²) in [7, 11) is 0. The van der Waals surface area contributed by atoms with E-state index in [4.69, 9.17) is 4.98 Å². The number of fused-ring (bicyclic) bond motifs is 2. The third kappa shape index (κ3) is 3.48. The summed E-state index contributed by atoms with van der Waals surface area (Å²) in [6, 6.07) is 12.1. The molecule has 1 atom stereocenters. The maximum Gasteiger partial charge on any atom is 0.155 e. The Balaban J connectivity index is 1.33. The molecule has 0 amide bonds. The predicted molar refractivity (Wildman–Crippen MR) is 124 cm³/mol. The lowest BCUT2D eigenvalue weighted by molar-refractivity contribution is 0.392. The zero-order chi connectivity index (χ0) is 21.3. The van der Waals surface area contributed by atoms with Gasteiger partial charge in [0.25, 0.3) is 0 Å². The van der Waals surface area contributed by atoms with Crippen LogP contribution in [-0.4, -0.2) is 48.6 Å². The highest BCUT2D eigenvalue weighted by atomic mass is 15.2. The third-order valence-corrected chi connectivity index (χ3v) is 6.08. The number of pyridine rings is 2. The second-order valence-corrected chi connectivity index (χ2v) is 8.23. The highest BCUT2D eigenvalue weighted by Gasteiger charge is 2.14. The number of anilines is 1. The van der Waals surface area contributed by atoms with E-state index in [-0.39, 0.29) is 0 Å². The lowest BCUT2D eigenvalue weighted by Gasteiger charge is -2.23. The fourth-order valence-electron chi connectivity index (χ4n) is 4.37. The van der Waals surface area contributed by atoms with Crippen molar-refractivity contribution in [3.63, 3.8) is 0 Å². The Bertz CT molecular complexity index is 1380. The molecule has 32 heavy (non-hydrogen) atoms. The van der Waals surface area contributed by atoms with E-state index >= 15 is 0 Å². The van der Waals surface area contributed by atoms with Gasteiger partial charge in [-0.2, -0.15) is 5.10 Å². The van der Waals surface area contributed by atoms with Gasteiger partial charge < -0.3 is 10.6 Å². The van der Waals surface area contributed by atoms with Crippen LogP contribution >= 0.6 is 0 Å². The van der Waals surface area contributed by atoms with Crippen LogP contribution in [0, 0.1) is 5.92 Å². The first-order chi connectivity index (χ1) is 15.8. The lowest BCUT2D eigenvalue weighted by Crippen LogP contribution is -2.33. The van der Waals surface area contributed by atoms with Crippen LogP contribution in [0.3, 0.4) is 0 Å². The fourth-order valence-corrected chi connectivity index (χ4v) is 4.37. The van der Waals surface area contributed by atoms with Crippen LogP contribution in [0.4, 0.5) is 5.82 Å². The van der Waals surface area contributed by atoms with Crippen molar-refractivity contribution in [2.45, 2.75) is 12.8 Å². The van der Waals surface area contributed by atoms with Gasteiger partial charge in [-0.1, -0.05) is 12.1 Å². The summed E-state index contributed by atoms with van der Waals surface area (Å²) in [5, 5.41) is 11.4. The van der Waals surface area contributed by atoms with Gasteiger partial charge in [-0.25, -0.2) is 14.5 Å². The van der Waals surface area contributed by atoms with Gasteiger partial charge in [0, 0.05) is 24.5 Å². The van der Waals surface area contributed by atoms with Crippen LogP contribution < -0.4 is 10.6 Å². The Morgan fingerprint density at radius 3 is 2.97 bits per heavy atom. The van der Waals surface area contributed by atoms with Crippen molar-refractivity contribution in [2.24, 2.45) is 5.92 Å². The van der Waals surface area contributed by atoms with E-state index in [2.05, 4.69) is 25.7 Å². The van der Waals surface area contributed by atoms with Crippen molar-refractivity contribution in [3.8, 4) is 22.6 Å². The van der Waals surface area contributed by atoms with Crippen LogP contribution in [0.5, 0.6) is 0 Å². The van der Waals surface area contributed by atoms with Crippen LogP contribution in [-0.2, 0) is 0 Å². The van der Waals surface area contributed by atoms with Gasteiger partial charge in [-0.3, -0.25) is 9.38 Å². The number of rotatable bonds is 5. The molecule has 0 aliphatic carbocycles. The number of hydrogen-bond donors (Lipinski definition) is 2. The Hall–Kier alpha value is -3.78. The molecule has 0 saturated carbocycles. The molecule has 5 aromatic rings. The van der Waals surface area contributed by atoms with Crippen molar-refractivity contribution < 1.29 is 0 Å². The molecule has 1 fully saturated rings. The van der Waals surface area contributed by atoms with E-state index in [0.717, 1.165) is 59.3 Å². The molecule has 0 bridgehead atoms. The molecule has 160 valence electrons.